The Kier molecular flexibility index (Phi) is 4.48. The lowest BCUT2D eigenvalue weighted by Crippen LogP contribution is -2.33. The number of nitrogens with one attached hydrogen (secondary N) is 2. The molecule has 0 atom stereocenters. The number of aromatic amines is 1. The fraction of sp³-hybridized carbons (Fsp3) is 0.389. The van der Waals surface area contributed by atoms with Crippen LogP contribution in [0.1, 0.15) is 37.6 Å². The van der Waals surface area contributed by atoms with E-state index in [1.165, 1.54) is 0 Å². The smallest absolute Gasteiger partial charge is 0.410 e. The van der Waals surface area contributed by atoms with E-state index in [2.05, 4.69) is 15.5 Å². The van der Waals surface area contributed by atoms with Gasteiger partial charge >= 0.3 is 6.09 Å². The maximum absolute atomic E-state index is 12.2. The minimum Gasteiger partial charge on any atom is -0.444 e. The molecular formula is C18H22N4O3. The maximum Gasteiger partial charge on any atom is 0.410 e. The van der Waals surface area contributed by atoms with Gasteiger partial charge in [-0.05, 0) is 26.3 Å². The molecule has 7 nitrogen and oxygen atoms in total. The molecular weight excluding hydrogens is 320 g/mol. The van der Waals surface area contributed by atoms with Gasteiger partial charge in [0, 0.05) is 5.56 Å². The summed E-state index contributed by atoms with van der Waals surface area (Å²) in [5.41, 5.74) is 2.04. The van der Waals surface area contributed by atoms with Crippen molar-refractivity contribution in [2.45, 2.75) is 45.9 Å². The predicted molar refractivity (Wildman–Crippen MR) is 92.8 cm³/mol. The number of hydrogen-bond donors (Lipinski definition) is 2. The first-order valence-corrected chi connectivity index (χ1v) is 8.19. The molecule has 1 aliphatic rings. The molecule has 0 radical (unpaired) electrons. The molecule has 7 heteroatoms. The molecule has 0 fully saturated rings. The number of H-pyrrole nitrogens is 1. The molecule has 2 aromatic rings. The van der Waals surface area contributed by atoms with Crippen molar-refractivity contribution in [2.75, 3.05) is 5.32 Å². The maximum atomic E-state index is 12.2. The zero-order valence-electron chi connectivity index (χ0n) is 14.6. The highest BCUT2D eigenvalue weighted by Gasteiger charge is 2.31. The second-order valence-corrected chi connectivity index (χ2v) is 7.08. The zero-order chi connectivity index (χ0) is 18.0. The summed E-state index contributed by atoms with van der Waals surface area (Å²) in [6.07, 6.45) is -0.100. The number of nitrogens with zero attached hydrogens (tertiary/aromatic N) is 2. The third kappa shape index (κ3) is 4.17. The van der Waals surface area contributed by atoms with Crippen molar-refractivity contribution in [3.63, 3.8) is 0 Å². The highest BCUT2D eigenvalue weighted by atomic mass is 16.6. The number of ether oxygens (including phenoxy) is 1. The summed E-state index contributed by atoms with van der Waals surface area (Å²) in [7, 11) is 0. The Labute approximate surface area is 146 Å². The van der Waals surface area contributed by atoms with Gasteiger partial charge in [0.2, 0.25) is 5.91 Å². The van der Waals surface area contributed by atoms with E-state index in [4.69, 9.17) is 4.74 Å². The van der Waals surface area contributed by atoms with Crippen LogP contribution in [0.5, 0.6) is 0 Å². The minimum atomic E-state index is -0.543. The molecule has 0 saturated carbocycles. The summed E-state index contributed by atoms with van der Waals surface area (Å²) in [6, 6.07) is 9.51. The third-order valence-electron chi connectivity index (χ3n) is 3.77. The van der Waals surface area contributed by atoms with Crippen LogP contribution in [0.4, 0.5) is 10.6 Å². The topological polar surface area (TPSA) is 87.3 Å². The lowest BCUT2D eigenvalue weighted by molar-refractivity contribution is -0.115. The van der Waals surface area contributed by atoms with Gasteiger partial charge in [0.05, 0.1) is 25.2 Å². The Balaban J connectivity index is 1.62. The average Bonchev–Trinajstić information content (AvgIpc) is 3.09. The molecule has 0 spiro atoms. The zero-order valence-corrected chi connectivity index (χ0v) is 14.6. The van der Waals surface area contributed by atoms with Gasteiger partial charge < -0.3 is 10.1 Å². The Morgan fingerprint density at radius 3 is 2.64 bits per heavy atom. The van der Waals surface area contributed by atoms with E-state index < -0.39 is 5.60 Å². The molecule has 0 unspecified atom stereocenters. The predicted octanol–water partition coefficient (Wildman–Crippen LogP) is 2.84. The largest absolute Gasteiger partial charge is 0.444 e. The van der Waals surface area contributed by atoms with Gasteiger partial charge in [-0.2, -0.15) is 5.10 Å². The van der Waals surface area contributed by atoms with E-state index in [0.717, 1.165) is 16.8 Å². The molecule has 25 heavy (non-hydrogen) atoms. The van der Waals surface area contributed by atoms with Crippen molar-refractivity contribution < 1.29 is 14.3 Å². The summed E-state index contributed by atoms with van der Waals surface area (Å²) in [6.45, 7) is 6.25. The van der Waals surface area contributed by atoms with Crippen LogP contribution in [0.15, 0.2) is 30.3 Å². The highest BCUT2D eigenvalue weighted by molar-refractivity contribution is 5.92. The van der Waals surface area contributed by atoms with E-state index in [1.807, 2.05) is 51.1 Å². The number of rotatable bonds is 3. The van der Waals surface area contributed by atoms with Crippen LogP contribution >= 0.6 is 0 Å². The Hall–Kier alpha value is -2.83. The van der Waals surface area contributed by atoms with Gasteiger partial charge in [-0.1, -0.05) is 30.3 Å². The summed E-state index contributed by atoms with van der Waals surface area (Å²) in [5.74, 6) is 0.332. The molecule has 132 valence electrons. The van der Waals surface area contributed by atoms with Crippen molar-refractivity contribution in [3.8, 4) is 0 Å². The van der Waals surface area contributed by atoms with Gasteiger partial charge in [-0.15, -0.1) is 0 Å². The normalized spacial score (nSPS) is 13.5. The molecule has 0 bridgehead atoms. The van der Waals surface area contributed by atoms with E-state index in [1.54, 1.807) is 4.90 Å². The monoisotopic (exact) mass is 342 g/mol. The number of carbonyl (C=O) groups excluding carboxylic acids is 2. The number of amides is 2. The summed E-state index contributed by atoms with van der Waals surface area (Å²) >= 11 is 0. The summed E-state index contributed by atoms with van der Waals surface area (Å²) in [4.78, 5) is 26.0. The number of anilines is 1. The molecule has 1 aromatic carbocycles. The fourth-order valence-electron chi connectivity index (χ4n) is 2.66. The van der Waals surface area contributed by atoms with Crippen molar-refractivity contribution in [2.24, 2.45) is 0 Å². The van der Waals surface area contributed by atoms with Gasteiger partial charge in [0.15, 0.2) is 5.82 Å². The van der Waals surface area contributed by atoms with Crippen LogP contribution in [-0.4, -0.2) is 32.7 Å². The Morgan fingerprint density at radius 2 is 1.96 bits per heavy atom. The van der Waals surface area contributed by atoms with Crippen molar-refractivity contribution in [1.82, 2.24) is 15.1 Å². The molecule has 2 heterocycles. The molecule has 0 aliphatic carbocycles. The fourth-order valence-corrected chi connectivity index (χ4v) is 2.66. The number of hydrogen-bond acceptors (Lipinski definition) is 4. The standard InChI is InChI=1S/C18H22N4O3/c1-18(2,3)25-17(24)22-10-13-14(11-22)20-21-16(13)19-15(23)9-12-7-5-4-6-8-12/h4-8H,9-11H2,1-3H3,(H2,19,20,21,23). The Bertz CT molecular complexity index is 777. The Morgan fingerprint density at radius 1 is 1.24 bits per heavy atom. The van der Waals surface area contributed by atoms with Crippen LogP contribution in [0, 0.1) is 0 Å². The van der Waals surface area contributed by atoms with Crippen LogP contribution in [0.2, 0.25) is 0 Å². The minimum absolute atomic E-state index is 0.142. The van der Waals surface area contributed by atoms with E-state index >= 15 is 0 Å². The molecule has 1 aromatic heterocycles. The lowest BCUT2D eigenvalue weighted by atomic mass is 10.1. The summed E-state index contributed by atoms with van der Waals surface area (Å²) in [5, 5.41) is 9.86. The quantitative estimate of drug-likeness (QED) is 0.898. The molecule has 2 amide bonds. The molecule has 1 aliphatic heterocycles. The lowest BCUT2D eigenvalue weighted by Gasteiger charge is -2.24. The second-order valence-electron chi connectivity index (χ2n) is 7.08. The number of benzene rings is 1. The second kappa shape index (κ2) is 6.58. The van der Waals surface area contributed by atoms with Crippen molar-refractivity contribution in [1.29, 1.82) is 0 Å². The molecule has 2 N–H and O–H groups in total. The molecule has 0 saturated heterocycles. The van der Waals surface area contributed by atoms with Crippen LogP contribution in [-0.2, 0) is 29.0 Å². The van der Waals surface area contributed by atoms with Gasteiger partial charge in [-0.3, -0.25) is 14.8 Å². The average molecular weight is 342 g/mol. The van der Waals surface area contributed by atoms with Crippen LogP contribution < -0.4 is 5.32 Å². The third-order valence-corrected chi connectivity index (χ3v) is 3.77. The van der Waals surface area contributed by atoms with Crippen LogP contribution in [0.25, 0.3) is 0 Å². The first kappa shape index (κ1) is 17.0. The van der Waals surface area contributed by atoms with Gasteiger partial charge in [0.1, 0.15) is 5.60 Å². The van der Waals surface area contributed by atoms with Crippen molar-refractivity contribution in [3.05, 3.63) is 47.2 Å². The highest BCUT2D eigenvalue weighted by Crippen LogP contribution is 2.28. The number of aromatic nitrogens is 2. The van der Waals surface area contributed by atoms with Gasteiger partial charge in [0.25, 0.3) is 0 Å². The first-order chi connectivity index (χ1) is 11.8. The number of fused-ring (bicyclic) bond motifs is 1. The first-order valence-electron chi connectivity index (χ1n) is 8.19. The van der Waals surface area contributed by atoms with Crippen molar-refractivity contribution >= 4 is 17.8 Å². The van der Waals surface area contributed by atoms with Crippen LogP contribution in [0.3, 0.4) is 0 Å². The van der Waals surface area contributed by atoms with E-state index in [-0.39, 0.29) is 18.4 Å². The van der Waals surface area contributed by atoms with Gasteiger partial charge in [-0.25, -0.2) is 4.79 Å². The SMILES string of the molecule is CC(C)(C)OC(=O)N1Cc2[nH]nc(NC(=O)Cc3ccccc3)c2C1. The van der Waals surface area contributed by atoms with E-state index in [9.17, 15) is 9.59 Å². The number of carbonyl (C=O) groups is 2. The molecule has 3 rings (SSSR count). The summed E-state index contributed by atoms with van der Waals surface area (Å²) < 4.78 is 5.39. The van der Waals surface area contributed by atoms with E-state index in [0.29, 0.717) is 18.9 Å².